The van der Waals surface area contributed by atoms with E-state index >= 15 is 0 Å². The van der Waals surface area contributed by atoms with Crippen molar-refractivity contribution < 1.29 is 43.9 Å². The number of nitrogens with zero attached hydrogens (tertiary/aromatic N) is 1. The molecule has 0 saturated heterocycles. The Labute approximate surface area is 118 Å². The summed E-state index contributed by atoms with van der Waals surface area (Å²) in [7, 11) is -6.19. The molecule has 0 heterocycles. The van der Waals surface area contributed by atoms with Crippen molar-refractivity contribution in [2.75, 3.05) is 0 Å². The lowest BCUT2D eigenvalue weighted by molar-refractivity contribution is -0.386. The number of hydrogen-bond donors (Lipinski definition) is 0. The molecule has 1 aromatic carbocycles. The summed E-state index contributed by atoms with van der Waals surface area (Å²) < 4.78 is 99.1. The second-order valence-corrected chi connectivity index (χ2v) is 5.33. The third-order valence-electron chi connectivity index (χ3n) is 2.30. The van der Waals surface area contributed by atoms with Crippen molar-refractivity contribution in [2.24, 2.45) is 0 Å². The van der Waals surface area contributed by atoms with Crippen LogP contribution >= 0.6 is 0 Å². The monoisotopic (exact) mass is 353 g/mol. The summed E-state index contributed by atoms with van der Waals surface area (Å²) in [5.41, 5.74) is -10.1. The third-order valence-corrected chi connectivity index (χ3v) is 3.29. The molecule has 0 saturated carbocycles. The lowest BCUT2D eigenvalue weighted by atomic mass is 10.1. The first-order valence-electron chi connectivity index (χ1n) is 5.06. The quantitative estimate of drug-likeness (QED) is 0.273. The van der Waals surface area contributed by atoms with Crippen LogP contribution in [0.1, 0.15) is 11.1 Å². The molecule has 0 N–H and O–H groups in total. The van der Waals surface area contributed by atoms with Gasteiger partial charge in [-0.2, -0.15) is 34.8 Å². The Morgan fingerprint density at radius 3 is 2.09 bits per heavy atom. The predicted molar refractivity (Wildman–Crippen MR) is 57.9 cm³/mol. The van der Waals surface area contributed by atoms with Crippen LogP contribution in [0.4, 0.5) is 32.0 Å². The minimum absolute atomic E-state index is 0.353. The minimum atomic E-state index is -6.19. The first kappa shape index (κ1) is 18.2. The molecule has 13 heteroatoms. The van der Waals surface area contributed by atoms with Crippen LogP contribution in [0, 0.1) is 10.1 Å². The minimum Gasteiger partial charge on any atom is -0.258 e. The van der Waals surface area contributed by atoms with Crippen molar-refractivity contribution in [3.05, 3.63) is 39.4 Å². The van der Waals surface area contributed by atoms with Crippen LogP contribution in [0.15, 0.2) is 18.2 Å². The standard InChI is InChI=1S/C9H5F6NO5S/c10-8(11,12)6-2-1-3-7(16(17)18)5(6)4-21-22(19,20)9(13,14)15/h1-3H,4H2. The van der Waals surface area contributed by atoms with Crippen molar-refractivity contribution in [3.63, 3.8) is 0 Å². The third kappa shape index (κ3) is 3.85. The van der Waals surface area contributed by atoms with E-state index in [1.165, 1.54) is 0 Å². The summed E-state index contributed by atoms with van der Waals surface area (Å²) in [6, 6.07) is 1.59. The smallest absolute Gasteiger partial charge is 0.258 e. The second-order valence-electron chi connectivity index (χ2n) is 3.72. The Hall–Kier alpha value is -1.89. The van der Waals surface area contributed by atoms with Crippen LogP contribution in [-0.2, 0) is 27.1 Å². The fraction of sp³-hybridized carbons (Fsp3) is 0.333. The van der Waals surface area contributed by atoms with Gasteiger partial charge in [0, 0.05) is 6.07 Å². The highest BCUT2D eigenvalue weighted by Gasteiger charge is 2.48. The number of hydrogen-bond acceptors (Lipinski definition) is 5. The van der Waals surface area contributed by atoms with E-state index in [-0.39, 0.29) is 0 Å². The normalized spacial score (nSPS) is 13.2. The molecule has 124 valence electrons. The largest absolute Gasteiger partial charge is 0.523 e. The number of nitro benzene ring substituents is 1. The van der Waals surface area contributed by atoms with E-state index in [1.807, 2.05) is 0 Å². The number of benzene rings is 1. The fourth-order valence-corrected chi connectivity index (χ4v) is 1.77. The number of alkyl halides is 6. The van der Waals surface area contributed by atoms with Gasteiger partial charge in [-0.05, 0) is 6.07 Å². The van der Waals surface area contributed by atoms with Gasteiger partial charge < -0.3 is 0 Å². The molecule has 1 rings (SSSR count). The highest BCUT2D eigenvalue weighted by atomic mass is 32.2. The molecule has 0 bridgehead atoms. The molecule has 0 aliphatic heterocycles. The van der Waals surface area contributed by atoms with Gasteiger partial charge in [-0.25, -0.2) is 0 Å². The number of halogens is 6. The van der Waals surface area contributed by atoms with Crippen molar-refractivity contribution in [2.45, 2.75) is 18.3 Å². The summed E-state index contributed by atoms with van der Waals surface area (Å²) in [5.74, 6) is 0. The van der Waals surface area contributed by atoms with Crippen molar-refractivity contribution >= 4 is 15.8 Å². The Morgan fingerprint density at radius 1 is 1.14 bits per heavy atom. The molecule has 0 fully saturated rings. The van der Waals surface area contributed by atoms with Crippen molar-refractivity contribution in [1.82, 2.24) is 0 Å². The van der Waals surface area contributed by atoms with Crippen LogP contribution in [0.5, 0.6) is 0 Å². The van der Waals surface area contributed by atoms with Gasteiger partial charge in [-0.15, -0.1) is 0 Å². The maximum Gasteiger partial charge on any atom is 0.523 e. The molecule has 0 unspecified atom stereocenters. The molecule has 0 atom stereocenters. The lowest BCUT2D eigenvalue weighted by Crippen LogP contribution is -2.26. The predicted octanol–water partition coefficient (Wildman–Crippen LogP) is 2.98. The topological polar surface area (TPSA) is 86.5 Å². The first-order valence-corrected chi connectivity index (χ1v) is 6.47. The molecule has 0 aliphatic carbocycles. The van der Waals surface area contributed by atoms with Crippen molar-refractivity contribution in [3.8, 4) is 0 Å². The molecule has 0 amide bonds. The Morgan fingerprint density at radius 2 is 1.68 bits per heavy atom. The summed E-state index contributed by atoms with van der Waals surface area (Å²) >= 11 is 0. The lowest BCUT2D eigenvalue weighted by Gasteiger charge is -2.13. The van der Waals surface area contributed by atoms with Crippen LogP contribution in [0.25, 0.3) is 0 Å². The van der Waals surface area contributed by atoms with E-state index in [9.17, 15) is 44.9 Å². The molecule has 6 nitrogen and oxygen atoms in total. The van der Waals surface area contributed by atoms with Crippen LogP contribution in [0.2, 0.25) is 0 Å². The molecule has 0 aromatic heterocycles. The van der Waals surface area contributed by atoms with E-state index in [4.69, 9.17) is 0 Å². The SMILES string of the molecule is O=[N+]([O-])c1cccc(C(F)(F)F)c1COS(=O)(=O)C(F)(F)F. The van der Waals surface area contributed by atoms with E-state index < -0.39 is 50.1 Å². The number of rotatable bonds is 4. The van der Waals surface area contributed by atoms with E-state index in [1.54, 1.807) is 0 Å². The summed E-state index contributed by atoms with van der Waals surface area (Å²) in [6.45, 7) is -1.78. The van der Waals surface area contributed by atoms with Crippen LogP contribution in [-0.4, -0.2) is 18.8 Å². The van der Waals surface area contributed by atoms with Gasteiger partial charge in [0.1, 0.15) is 0 Å². The average Bonchev–Trinajstić information content (AvgIpc) is 2.33. The number of nitro groups is 1. The molecule has 1 aromatic rings. The molecule has 0 spiro atoms. The summed E-state index contributed by atoms with van der Waals surface area (Å²) in [4.78, 5) is 9.34. The van der Waals surface area contributed by atoms with Gasteiger partial charge >= 0.3 is 21.8 Å². The molecule has 0 aliphatic rings. The Bertz CT molecular complexity index is 681. The van der Waals surface area contributed by atoms with Gasteiger partial charge in [-0.1, -0.05) is 6.07 Å². The highest BCUT2D eigenvalue weighted by molar-refractivity contribution is 7.87. The molecular weight excluding hydrogens is 348 g/mol. The van der Waals surface area contributed by atoms with Gasteiger partial charge in [0.05, 0.1) is 22.7 Å². The zero-order chi connectivity index (χ0) is 17.3. The Balaban J connectivity index is 3.32. The van der Waals surface area contributed by atoms with Crippen LogP contribution < -0.4 is 0 Å². The maximum absolute atomic E-state index is 12.7. The summed E-state index contributed by atoms with van der Waals surface area (Å²) in [5, 5.41) is 10.6. The van der Waals surface area contributed by atoms with Gasteiger partial charge in [-0.3, -0.25) is 14.3 Å². The van der Waals surface area contributed by atoms with Gasteiger partial charge in [0.2, 0.25) is 0 Å². The maximum atomic E-state index is 12.7. The molecule has 22 heavy (non-hydrogen) atoms. The van der Waals surface area contributed by atoms with E-state index in [2.05, 4.69) is 4.18 Å². The van der Waals surface area contributed by atoms with Crippen LogP contribution in [0.3, 0.4) is 0 Å². The van der Waals surface area contributed by atoms with Crippen molar-refractivity contribution in [1.29, 1.82) is 0 Å². The molecular formula is C9H5F6NO5S. The van der Waals surface area contributed by atoms with Gasteiger partial charge in [0.15, 0.2) is 0 Å². The average molecular weight is 353 g/mol. The summed E-state index contributed by atoms with van der Waals surface area (Å²) in [6.07, 6.45) is -5.15. The van der Waals surface area contributed by atoms with E-state index in [0.717, 1.165) is 0 Å². The zero-order valence-electron chi connectivity index (χ0n) is 10.1. The fourth-order valence-electron chi connectivity index (χ4n) is 1.37. The van der Waals surface area contributed by atoms with E-state index in [0.29, 0.717) is 18.2 Å². The zero-order valence-corrected chi connectivity index (χ0v) is 10.9. The van der Waals surface area contributed by atoms with Gasteiger partial charge in [0.25, 0.3) is 5.69 Å². The second kappa shape index (κ2) is 5.72. The molecule has 0 radical (unpaired) electrons. The first-order chi connectivity index (χ1) is 9.77. The highest BCUT2D eigenvalue weighted by Crippen LogP contribution is 2.37. The Kier molecular flexibility index (Phi) is 4.72.